The van der Waals surface area contributed by atoms with Crippen molar-refractivity contribution < 1.29 is 29.3 Å². The van der Waals surface area contributed by atoms with Gasteiger partial charge >= 0.3 is 12.0 Å². The lowest BCUT2D eigenvalue weighted by molar-refractivity contribution is -0.142. The van der Waals surface area contributed by atoms with Gasteiger partial charge in [0.2, 0.25) is 5.91 Å². The molecule has 9 heteroatoms. The largest absolute Gasteiger partial charge is 0.480 e. The first-order chi connectivity index (χ1) is 9.64. The third-order valence-corrected chi connectivity index (χ3v) is 2.97. The number of nitrogens with two attached hydrogens (primary N) is 1. The van der Waals surface area contributed by atoms with Crippen LogP contribution in [0.2, 0.25) is 0 Å². The van der Waals surface area contributed by atoms with Gasteiger partial charge in [0.1, 0.15) is 6.04 Å². The second-order valence-corrected chi connectivity index (χ2v) is 5.57. The van der Waals surface area contributed by atoms with Crippen LogP contribution >= 0.6 is 0 Å². The number of nitrogens with zero attached hydrogens (tertiary/aromatic N) is 1. The van der Waals surface area contributed by atoms with Crippen molar-refractivity contribution in [2.45, 2.75) is 38.0 Å². The summed E-state index contributed by atoms with van der Waals surface area (Å²) in [7, 11) is 0. The molecule has 0 aromatic carbocycles. The van der Waals surface area contributed by atoms with Gasteiger partial charge in [0.25, 0.3) is 0 Å². The summed E-state index contributed by atoms with van der Waals surface area (Å²) >= 11 is 0. The number of aliphatic hydroxyl groups is 1. The van der Waals surface area contributed by atoms with E-state index < -0.39 is 42.1 Å². The van der Waals surface area contributed by atoms with Crippen molar-refractivity contribution in [1.82, 2.24) is 10.2 Å². The molecular weight excluding hydrogens is 282 g/mol. The molecule has 1 saturated heterocycles. The number of carboxylic acids is 1. The molecule has 0 bridgehead atoms. The highest BCUT2D eigenvalue weighted by Crippen LogP contribution is 2.20. The van der Waals surface area contributed by atoms with Crippen molar-refractivity contribution in [2.24, 2.45) is 5.73 Å². The minimum atomic E-state index is -1.38. The summed E-state index contributed by atoms with van der Waals surface area (Å²) < 4.78 is 5.56. The summed E-state index contributed by atoms with van der Waals surface area (Å²) in [5.41, 5.74) is 4.29. The van der Waals surface area contributed by atoms with Gasteiger partial charge in [-0.3, -0.25) is 4.79 Å². The van der Waals surface area contributed by atoms with Gasteiger partial charge in [-0.05, 0) is 13.8 Å². The third-order valence-electron chi connectivity index (χ3n) is 2.97. The smallest absolute Gasteiger partial charge is 0.326 e. The van der Waals surface area contributed by atoms with E-state index in [2.05, 4.69) is 5.32 Å². The molecule has 9 nitrogen and oxygen atoms in total. The van der Waals surface area contributed by atoms with Crippen molar-refractivity contribution in [2.75, 3.05) is 19.7 Å². The zero-order chi connectivity index (χ0) is 16.2. The minimum absolute atomic E-state index is 0.134. The molecule has 120 valence electrons. The molecule has 0 aromatic heterocycles. The number of carboxylic acid groups (broad SMARTS) is 1. The van der Waals surface area contributed by atoms with Crippen molar-refractivity contribution in [1.29, 1.82) is 0 Å². The molecule has 21 heavy (non-hydrogen) atoms. The summed E-state index contributed by atoms with van der Waals surface area (Å²) in [4.78, 5) is 35.3. The monoisotopic (exact) mass is 303 g/mol. The van der Waals surface area contributed by atoms with Gasteiger partial charge in [0.15, 0.2) is 0 Å². The zero-order valence-corrected chi connectivity index (χ0v) is 12.0. The molecule has 2 atom stereocenters. The molecule has 5 N–H and O–H groups in total. The van der Waals surface area contributed by atoms with Crippen LogP contribution in [-0.4, -0.2) is 70.5 Å². The minimum Gasteiger partial charge on any atom is -0.480 e. The van der Waals surface area contributed by atoms with Gasteiger partial charge in [-0.25, -0.2) is 9.59 Å². The number of amides is 3. The number of urea groups is 1. The van der Waals surface area contributed by atoms with Crippen LogP contribution in [0.5, 0.6) is 0 Å². The van der Waals surface area contributed by atoms with Crippen molar-refractivity contribution in [3.63, 3.8) is 0 Å². The van der Waals surface area contributed by atoms with Crippen LogP contribution in [0.25, 0.3) is 0 Å². The Balaban J connectivity index is 2.72. The Morgan fingerprint density at radius 1 is 1.48 bits per heavy atom. The third kappa shape index (κ3) is 5.20. The number of nitrogens with one attached hydrogen (secondary N) is 1. The van der Waals surface area contributed by atoms with Crippen LogP contribution in [0.4, 0.5) is 4.79 Å². The van der Waals surface area contributed by atoms with Gasteiger partial charge in [-0.15, -0.1) is 0 Å². The molecule has 0 aliphatic carbocycles. The molecular formula is C12H21N3O6. The van der Waals surface area contributed by atoms with Gasteiger partial charge < -0.3 is 30.9 Å². The highest BCUT2D eigenvalue weighted by molar-refractivity contribution is 5.87. The molecule has 0 radical (unpaired) electrons. The Morgan fingerprint density at radius 2 is 2.10 bits per heavy atom. The van der Waals surface area contributed by atoms with Crippen molar-refractivity contribution in [3.8, 4) is 0 Å². The Bertz CT molecular complexity index is 425. The molecule has 0 spiro atoms. The van der Waals surface area contributed by atoms with Crippen LogP contribution in [0, 0.1) is 0 Å². The van der Waals surface area contributed by atoms with Crippen LogP contribution in [-0.2, 0) is 14.3 Å². The van der Waals surface area contributed by atoms with Crippen molar-refractivity contribution >= 4 is 17.9 Å². The normalized spacial score (nSPS) is 22.4. The van der Waals surface area contributed by atoms with Gasteiger partial charge in [-0.1, -0.05) is 0 Å². The fourth-order valence-electron chi connectivity index (χ4n) is 2.19. The highest BCUT2D eigenvalue weighted by atomic mass is 16.5. The second-order valence-electron chi connectivity index (χ2n) is 5.57. The summed E-state index contributed by atoms with van der Waals surface area (Å²) in [5.74, 6) is -2.16. The fourth-order valence-corrected chi connectivity index (χ4v) is 2.19. The quantitative estimate of drug-likeness (QED) is 0.486. The topological polar surface area (TPSA) is 142 Å². The number of primary amides is 1. The lowest BCUT2D eigenvalue weighted by Gasteiger charge is -2.42. The number of ether oxygens (including phenoxy) is 1. The number of rotatable bonds is 5. The maximum Gasteiger partial charge on any atom is 0.326 e. The molecule has 2 unspecified atom stereocenters. The van der Waals surface area contributed by atoms with Crippen LogP contribution in [0.3, 0.4) is 0 Å². The number of carbonyl (C=O) groups excluding carboxylic acids is 2. The number of aliphatic hydroxyl groups excluding tert-OH is 1. The number of hydrogen-bond acceptors (Lipinski definition) is 5. The summed E-state index contributed by atoms with van der Waals surface area (Å²) in [5, 5.41) is 20.4. The standard InChI is InChI=1S/C12H21N3O6/c1-12(2)6-15(4-7(5-16)21-12)11(20)14-8(10(18)19)3-9(13)17/h7-8,16H,3-6H2,1-2H3,(H2,13,17)(H,14,20)(H,18,19). The second kappa shape index (κ2) is 6.72. The van der Waals surface area contributed by atoms with E-state index in [1.165, 1.54) is 4.90 Å². The molecule has 1 rings (SSSR count). The molecule has 1 heterocycles. The predicted molar refractivity (Wildman–Crippen MR) is 71.4 cm³/mol. The van der Waals surface area contributed by atoms with E-state index in [1.807, 2.05) is 0 Å². The van der Waals surface area contributed by atoms with Crippen LogP contribution in [0.15, 0.2) is 0 Å². The first-order valence-corrected chi connectivity index (χ1v) is 6.50. The van der Waals surface area contributed by atoms with Gasteiger partial charge in [0.05, 0.1) is 37.8 Å². The molecule has 0 aromatic rings. The number of hydrogen-bond donors (Lipinski definition) is 4. The number of carbonyl (C=O) groups is 3. The Hall–Kier alpha value is -1.87. The fraction of sp³-hybridized carbons (Fsp3) is 0.750. The summed E-state index contributed by atoms with van der Waals surface area (Å²) in [6.45, 7) is 3.63. The van der Waals surface area contributed by atoms with Crippen LogP contribution < -0.4 is 11.1 Å². The SMILES string of the molecule is CC1(C)CN(C(=O)NC(CC(N)=O)C(=O)O)CC(CO)O1. The average Bonchev–Trinajstić information content (AvgIpc) is 2.35. The number of aliphatic carboxylic acids is 1. The predicted octanol–water partition coefficient (Wildman–Crippen LogP) is -1.50. The first-order valence-electron chi connectivity index (χ1n) is 6.50. The van der Waals surface area contributed by atoms with E-state index in [9.17, 15) is 19.5 Å². The lowest BCUT2D eigenvalue weighted by Crippen LogP contribution is -2.59. The first kappa shape index (κ1) is 17.2. The van der Waals surface area contributed by atoms with E-state index in [1.54, 1.807) is 13.8 Å². The van der Waals surface area contributed by atoms with Crippen molar-refractivity contribution in [3.05, 3.63) is 0 Å². The molecule has 3 amide bonds. The maximum atomic E-state index is 12.1. The Labute approximate surface area is 122 Å². The Morgan fingerprint density at radius 3 is 2.57 bits per heavy atom. The molecule has 1 fully saturated rings. The lowest BCUT2D eigenvalue weighted by atomic mass is 10.1. The van der Waals surface area contributed by atoms with Gasteiger partial charge in [-0.2, -0.15) is 0 Å². The maximum absolute atomic E-state index is 12.1. The van der Waals surface area contributed by atoms with Gasteiger partial charge in [0, 0.05) is 0 Å². The number of morpholine rings is 1. The average molecular weight is 303 g/mol. The van der Waals surface area contributed by atoms with E-state index >= 15 is 0 Å². The molecule has 1 aliphatic rings. The zero-order valence-electron chi connectivity index (χ0n) is 12.0. The van der Waals surface area contributed by atoms with E-state index in [0.29, 0.717) is 0 Å². The van der Waals surface area contributed by atoms with E-state index in [4.69, 9.17) is 15.6 Å². The summed E-state index contributed by atoms with van der Waals surface area (Å²) in [6, 6.07) is -2.02. The van der Waals surface area contributed by atoms with E-state index in [0.717, 1.165) is 0 Å². The molecule has 0 saturated carbocycles. The van der Waals surface area contributed by atoms with E-state index in [-0.39, 0.29) is 19.7 Å². The Kier molecular flexibility index (Phi) is 5.50. The molecule has 1 aliphatic heterocycles. The summed E-state index contributed by atoms with van der Waals surface area (Å²) in [6.07, 6.45) is -1.03. The van der Waals surface area contributed by atoms with Crippen LogP contribution in [0.1, 0.15) is 20.3 Å². The highest BCUT2D eigenvalue weighted by Gasteiger charge is 2.36.